The number of nitrogens with zero attached hydrogens (tertiary/aromatic N) is 3. The van der Waals surface area contributed by atoms with E-state index in [-0.39, 0.29) is 17.9 Å². The van der Waals surface area contributed by atoms with E-state index in [0.717, 1.165) is 5.56 Å². The van der Waals surface area contributed by atoms with Crippen molar-refractivity contribution < 1.29 is 14.3 Å². The minimum absolute atomic E-state index is 0.0474. The fourth-order valence-corrected chi connectivity index (χ4v) is 3.52. The number of carbonyl (C=O) groups is 2. The molecule has 0 spiro atoms. The molecule has 0 radical (unpaired) electrons. The highest BCUT2D eigenvalue weighted by Crippen LogP contribution is 2.21. The summed E-state index contributed by atoms with van der Waals surface area (Å²) in [5.74, 6) is 0.468. The summed E-state index contributed by atoms with van der Waals surface area (Å²) in [4.78, 5) is 31.5. The van der Waals surface area contributed by atoms with Crippen molar-refractivity contribution in [3.8, 4) is 5.75 Å². The van der Waals surface area contributed by atoms with Crippen LogP contribution < -0.4 is 10.1 Å². The highest BCUT2D eigenvalue weighted by atomic mass is 16.5. The molecule has 0 aliphatic carbocycles. The third kappa shape index (κ3) is 3.99. The van der Waals surface area contributed by atoms with E-state index in [0.29, 0.717) is 36.6 Å². The molecule has 1 aliphatic heterocycles. The van der Waals surface area contributed by atoms with E-state index in [9.17, 15) is 9.59 Å². The lowest BCUT2D eigenvalue weighted by atomic mass is 10.1. The molecule has 1 atom stereocenters. The van der Waals surface area contributed by atoms with Gasteiger partial charge in [0.25, 0.3) is 11.8 Å². The van der Waals surface area contributed by atoms with Crippen LogP contribution in [0.5, 0.6) is 5.75 Å². The van der Waals surface area contributed by atoms with Crippen LogP contribution in [0.4, 0.5) is 0 Å². The van der Waals surface area contributed by atoms with Gasteiger partial charge in [0.1, 0.15) is 11.4 Å². The number of pyridine rings is 1. The van der Waals surface area contributed by atoms with Gasteiger partial charge in [-0.3, -0.25) is 14.6 Å². The highest BCUT2D eigenvalue weighted by Gasteiger charge is 2.32. The summed E-state index contributed by atoms with van der Waals surface area (Å²) in [5, 5.41) is 2.96. The second-order valence-electron chi connectivity index (χ2n) is 6.93. The number of hydrogen-bond acceptors (Lipinski definition) is 4. The number of hydrogen-bond donors (Lipinski definition) is 1. The SMILES string of the molecule is COc1ccc(C(=O)NCC2Cn3cccc3C(=O)N2Cc2cccnc2)cc1. The fraction of sp³-hybridized carbons (Fsp3) is 0.227. The molecule has 0 fully saturated rings. The van der Waals surface area contributed by atoms with Crippen molar-refractivity contribution in [2.75, 3.05) is 13.7 Å². The van der Waals surface area contributed by atoms with Crippen LogP contribution in [0.2, 0.25) is 0 Å². The van der Waals surface area contributed by atoms with Crippen molar-refractivity contribution >= 4 is 11.8 Å². The topological polar surface area (TPSA) is 76.5 Å². The van der Waals surface area contributed by atoms with Crippen LogP contribution in [-0.4, -0.2) is 46.0 Å². The molecule has 0 saturated heterocycles. The number of amides is 2. The number of fused-ring (bicyclic) bond motifs is 1. The molecule has 1 unspecified atom stereocenters. The largest absolute Gasteiger partial charge is 0.497 e. The van der Waals surface area contributed by atoms with Gasteiger partial charge in [-0.1, -0.05) is 6.07 Å². The van der Waals surface area contributed by atoms with Gasteiger partial charge in [-0.05, 0) is 48.0 Å². The molecule has 7 nitrogen and oxygen atoms in total. The number of carbonyl (C=O) groups excluding carboxylic acids is 2. The maximum atomic E-state index is 13.0. The molecule has 148 valence electrons. The summed E-state index contributed by atoms with van der Waals surface area (Å²) in [6.07, 6.45) is 5.36. The maximum absolute atomic E-state index is 13.0. The first-order chi connectivity index (χ1) is 14.2. The van der Waals surface area contributed by atoms with Gasteiger partial charge in [0.05, 0.1) is 13.2 Å². The number of methoxy groups -OCH3 is 1. The normalized spacial score (nSPS) is 15.7. The second-order valence-corrected chi connectivity index (χ2v) is 6.93. The Hall–Kier alpha value is -3.61. The molecule has 0 saturated carbocycles. The van der Waals surface area contributed by atoms with Crippen LogP contribution in [0.3, 0.4) is 0 Å². The fourth-order valence-electron chi connectivity index (χ4n) is 3.52. The summed E-state index contributed by atoms with van der Waals surface area (Å²) in [6.45, 7) is 1.42. The molecule has 3 aromatic rings. The third-order valence-electron chi connectivity index (χ3n) is 5.08. The van der Waals surface area contributed by atoms with Crippen LogP contribution in [0.15, 0.2) is 67.1 Å². The molecule has 29 heavy (non-hydrogen) atoms. The van der Waals surface area contributed by atoms with Crippen LogP contribution in [0, 0.1) is 0 Å². The number of aromatic nitrogens is 2. The molecular formula is C22H22N4O3. The van der Waals surface area contributed by atoms with Gasteiger partial charge in [-0.2, -0.15) is 0 Å². The molecule has 1 aromatic carbocycles. The predicted octanol–water partition coefficient (Wildman–Crippen LogP) is 2.35. The lowest BCUT2D eigenvalue weighted by molar-refractivity contribution is 0.0563. The Labute approximate surface area is 168 Å². The first kappa shape index (κ1) is 18.7. The van der Waals surface area contributed by atoms with E-state index >= 15 is 0 Å². The van der Waals surface area contributed by atoms with Crippen molar-refractivity contribution in [2.45, 2.75) is 19.1 Å². The van der Waals surface area contributed by atoms with Crippen LogP contribution in [0.1, 0.15) is 26.4 Å². The van der Waals surface area contributed by atoms with E-state index in [1.165, 1.54) is 0 Å². The average molecular weight is 390 g/mol. The first-order valence-electron chi connectivity index (χ1n) is 9.43. The Bertz CT molecular complexity index is 998. The minimum Gasteiger partial charge on any atom is -0.497 e. The van der Waals surface area contributed by atoms with E-state index in [4.69, 9.17) is 4.74 Å². The minimum atomic E-state index is -0.181. The number of rotatable bonds is 6. The van der Waals surface area contributed by atoms with E-state index in [2.05, 4.69) is 10.3 Å². The van der Waals surface area contributed by atoms with Gasteiger partial charge in [-0.25, -0.2) is 0 Å². The van der Waals surface area contributed by atoms with Crippen LogP contribution in [-0.2, 0) is 13.1 Å². The Balaban J connectivity index is 1.50. The summed E-state index contributed by atoms with van der Waals surface area (Å²) < 4.78 is 7.07. The van der Waals surface area contributed by atoms with Crippen LogP contribution >= 0.6 is 0 Å². The van der Waals surface area contributed by atoms with Gasteiger partial charge in [-0.15, -0.1) is 0 Å². The maximum Gasteiger partial charge on any atom is 0.271 e. The van der Waals surface area contributed by atoms with Gasteiger partial charge >= 0.3 is 0 Å². The van der Waals surface area contributed by atoms with Gasteiger partial charge < -0.3 is 19.5 Å². The quantitative estimate of drug-likeness (QED) is 0.701. The Morgan fingerprint density at radius 2 is 2.03 bits per heavy atom. The number of nitrogens with one attached hydrogen (secondary N) is 1. The first-order valence-corrected chi connectivity index (χ1v) is 9.43. The second kappa shape index (κ2) is 8.18. The lowest BCUT2D eigenvalue weighted by Gasteiger charge is -2.36. The average Bonchev–Trinajstić information content (AvgIpc) is 3.24. The Morgan fingerprint density at radius 3 is 2.76 bits per heavy atom. The molecule has 2 amide bonds. The Kier molecular flexibility index (Phi) is 5.29. The lowest BCUT2D eigenvalue weighted by Crippen LogP contribution is -2.52. The summed E-state index contributed by atoms with van der Waals surface area (Å²) in [6, 6.07) is 14.3. The van der Waals surface area contributed by atoms with Crippen LogP contribution in [0.25, 0.3) is 0 Å². The van der Waals surface area contributed by atoms with Gasteiger partial charge in [0, 0.05) is 43.8 Å². The van der Waals surface area contributed by atoms with Crippen molar-refractivity contribution in [1.29, 1.82) is 0 Å². The van der Waals surface area contributed by atoms with Crippen molar-refractivity contribution in [2.24, 2.45) is 0 Å². The Morgan fingerprint density at radius 1 is 1.21 bits per heavy atom. The predicted molar refractivity (Wildman–Crippen MR) is 108 cm³/mol. The molecule has 1 aliphatic rings. The summed E-state index contributed by atoms with van der Waals surface area (Å²) in [5.41, 5.74) is 2.16. The van der Waals surface area contributed by atoms with Crippen molar-refractivity contribution in [1.82, 2.24) is 19.8 Å². The zero-order valence-corrected chi connectivity index (χ0v) is 16.1. The summed E-state index contributed by atoms with van der Waals surface area (Å²) >= 11 is 0. The standard InChI is InChI=1S/C22H22N4O3/c1-29-19-8-6-17(7-9-19)21(27)24-13-18-15-25-11-3-5-20(25)22(28)26(18)14-16-4-2-10-23-12-16/h2-12,18H,13-15H2,1H3,(H,24,27). The molecule has 4 rings (SSSR count). The van der Waals surface area contributed by atoms with E-state index in [1.54, 1.807) is 48.7 Å². The highest BCUT2D eigenvalue weighted by molar-refractivity contribution is 5.95. The molecule has 7 heteroatoms. The van der Waals surface area contributed by atoms with Crippen molar-refractivity contribution in [3.63, 3.8) is 0 Å². The molecule has 3 heterocycles. The molecule has 1 N–H and O–H groups in total. The van der Waals surface area contributed by atoms with Crippen molar-refractivity contribution in [3.05, 3.63) is 83.9 Å². The third-order valence-corrected chi connectivity index (χ3v) is 5.08. The molecule has 2 aromatic heterocycles. The number of benzene rings is 1. The van der Waals surface area contributed by atoms with E-state index < -0.39 is 0 Å². The monoisotopic (exact) mass is 390 g/mol. The smallest absolute Gasteiger partial charge is 0.271 e. The number of ether oxygens (including phenoxy) is 1. The van der Waals surface area contributed by atoms with Gasteiger partial charge in [0.2, 0.25) is 0 Å². The summed E-state index contributed by atoms with van der Waals surface area (Å²) in [7, 11) is 1.58. The zero-order valence-electron chi connectivity index (χ0n) is 16.1. The molecule has 0 bridgehead atoms. The van der Waals surface area contributed by atoms with Gasteiger partial charge in [0.15, 0.2) is 0 Å². The molecular weight excluding hydrogens is 368 g/mol. The zero-order chi connectivity index (χ0) is 20.2. The van der Waals surface area contributed by atoms with E-state index in [1.807, 2.05) is 35.0 Å².